The minimum absolute atomic E-state index is 0.00871. The molecule has 2 atom stereocenters. The van der Waals surface area contributed by atoms with Gasteiger partial charge in [-0.15, -0.1) is 0 Å². The lowest BCUT2D eigenvalue weighted by Crippen LogP contribution is -2.45. The van der Waals surface area contributed by atoms with Gasteiger partial charge in [-0.25, -0.2) is 4.79 Å². The molecule has 0 heterocycles. The molecule has 256 valence electrons. The van der Waals surface area contributed by atoms with Crippen molar-refractivity contribution in [3.8, 4) is 0 Å². The molecule has 2 amide bonds. The molecule has 3 rings (SSSR count). The topological polar surface area (TPSA) is 128 Å². The third-order valence-electron chi connectivity index (χ3n) is 8.01. The highest BCUT2D eigenvalue weighted by Crippen LogP contribution is 2.55. The Morgan fingerprint density at radius 1 is 0.688 bits per heavy atom. The normalized spacial score (nSPS) is 12.3. The van der Waals surface area contributed by atoms with E-state index in [-0.39, 0.29) is 56.2 Å². The molecule has 0 aliphatic heterocycles. The Balaban J connectivity index is 1.60. The molecule has 0 bridgehead atoms. The second kappa shape index (κ2) is 20.4. The van der Waals surface area contributed by atoms with Gasteiger partial charge in [0.1, 0.15) is 29.2 Å². The number of thiol groups is 1. The smallest absolute Gasteiger partial charge is 0.328 e. The highest BCUT2D eigenvalue weighted by molar-refractivity contribution is 7.95. The van der Waals surface area contributed by atoms with Gasteiger partial charge in [-0.1, -0.05) is 54.6 Å². The number of hydrogen-bond acceptors (Lipinski definition) is 8. The second-order valence-corrected chi connectivity index (χ2v) is 15.2. The first kappa shape index (κ1) is 38.4. The predicted molar refractivity (Wildman–Crippen MR) is 194 cm³/mol. The van der Waals surface area contributed by atoms with E-state index in [4.69, 9.17) is 9.47 Å². The average Bonchev–Trinajstić information content (AvgIpc) is 3.12. The molecule has 0 aliphatic carbocycles. The Labute approximate surface area is 289 Å². The first-order chi connectivity index (χ1) is 23.2. The number of carbonyl (C=O) groups is 5. The van der Waals surface area contributed by atoms with Gasteiger partial charge in [-0.2, -0.15) is 12.6 Å². The molecule has 3 aromatic carbocycles. The quantitative estimate of drug-likeness (QED) is 0.0709. The Bertz CT molecular complexity index is 1380. The molecule has 3 aromatic rings. The van der Waals surface area contributed by atoms with Gasteiger partial charge in [-0.3, -0.25) is 19.2 Å². The van der Waals surface area contributed by atoms with E-state index in [1.165, 1.54) is 23.0 Å². The molecule has 48 heavy (non-hydrogen) atoms. The molecular formula is C37H46N2O7PS+. The largest absolute Gasteiger partial charge is 0.467 e. The number of unbranched alkanes of at least 4 members (excludes halogenated alkanes) is 1. The molecule has 0 saturated heterocycles. The molecule has 0 aliphatic rings. The number of nitrogens with one attached hydrogen (secondary N) is 2. The summed E-state index contributed by atoms with van der Waals surface area (Å²) < 4.78 is 9.73. The number of benzene rings is 3. The van der Waals surface area contributed by atoms with Gasteiger partial charge >= 0.3 is 11.9 Å². The van der Waals surface area contributed by atoms with Crippen molar-refractivity contribution < 1.29 is 33.4 Å². The molecule has 0 aromatic heterocycles. The zero-order valence-electron chi connectivity index (χ0n) is 27.6. The number of esters is 2. The van der Waals surface area contributed by atoms with Crippen molar-refractivity contribution in [3.63, 3.8) is 0 Å². The molecule has 0 spiro atoms. The molecule has 0 unspecified atom stereocenters. The monoisotopic (exact) mass is 693 g/mol. The Morgan fingerprint density at radius 3 is 1.67 bits per heavy atom. The summed E-state index contributed by atoms with van der Waals surface area (Å²) in [5.74, 6) is -2.23. The maximum Gasteiger partial charge on any atom is 0.328 e. The standard InChI is InChI=1S/C37H45N2O7PS/c1-3-46-36(43)25-23-33(40)32(27-48)39-35(42)24-22-31(37(44)45-2)38-34(41)21-13-14-26-47(28-15-7-4-8-16-28,29-17-9-5-10-18-29)30-19-11-6-12-20-30/h4-12,15-20,31-32H,3,13-14,21-27H2,1-2H3,(H2-,38,39,41,42,48)/p+1/t31-,32-/m0/s1. The number of amides is 2. The summed E-state index contributed by atoms with van der Waals surface area (Å²) >= 11 is 4.16. The van der Waals surface area contributed by atoms with Crippen LogP contribution >= 0.6 is 19.9 Å². The molecule has 11 heteroatoms. The highest BCUT2D eigenvalue weighted by atomic mass is 32.1. The number of carbonyl (C=O) groups excluding carboxylic acids is 5. The lowest BCUT2D eigenvalue weighted by molar-refractivity contribution is -0.145. The van der Waals surface area contributed by atoms with E-state index in [9.17, 15) is 24.0 Å². The van der Waals surface area contributed by atoms with Gasteiger partial charge in [0.2, 0.25) is 11.8 Å². The summed E-state index contributed by atoms with van der Waals surface area (Å²) in [7, 11) is -0.797. The Hall–Kier alpha value is -4.01. The zero-order valence-corrected chi connectivity index (χ0v) is 29.4. The van der Waals surface area contributed by atoms with Crippen LogP contribution in [0.25, 0.3) is 0 Å². The molecular weight excluding hydrogens is 647 g/mol. The summed E-state index contributed by atoms with van der Waals surface area (Å²) in [6.07, 6.45) is 2.14. The van der Waals surface area contributed by atoms with Crippen LogP contribution in [0, 0.1) is 0 Å². The van der Waals surface area contributed by atoms with Crippen LogP contribution in [-0.2, 0) is 33.4 Å². The van der Waals surface area contributed by atoms with Crippen molar-refractivity contribution in [2.45, 2.75) is 64.0 Å². The van der Waals surface area contributed by atoms with Crippen molar-refractivity contribution in [2.75, 3.05) is 25.6 Å². The van der Waals surface area contributed by atoms with E-state index >= 15 is 0 Å². The lowest BCUT2D eigenvalue weighted by Gasteiger charge is -2.27. The first-order valence-corrected chi connectivity index (χ1v) is 18.9. The summed E-state index contributed by atoms with van der Waals surface area (Å²) in [5.41, 5.74) is 0. The Morgan fingerprint density at radius 2 is 1.19 bits per heavy atom. The van der Waals surface area contributed by atoms with E-state index in [0.29, 0.717) is 6.42 Å². The van der Waals surface area contributed by atoms with Crippen LogP contribution in [0.4, 0.5) is 0 Å². The SMILES string of the molecule is CCOC(=O)CCC(=O)[C@H](CS)NC(=O)CC[C@H](NC(=O)CCCC[P+](c1ccccc1)(c1ccccc1)c1ccccc1)C(=O)OC. The molecule has 2 N–H and O–H groups in total. The van der Waals surface area contributed by atoms with Gasteiger partial charge in [0.05, 0.1) is 32.3 Å². The maximum atomic E-state index is 13.0. The van der Waals surface area contributed by atoms with Crippen molar-refractivity contribution in [1.82, 2.24) is 10.6 Å². The second-order valence-electron chi connectivity index (χ2n) is 11.3. The number of Topliss-reactive ketones (excluding diaryl/α,β-unsaturated/α-hetero) is 1. The minimum Gasteiger partial charge on any atom is -0.467 e. The van der Waals surface area contributed by atoms with Crippen LogP contribution in [0.2, 0.25) is 0 Å². The van der Waals surface area contributed by atoms with E-state index in [1.54, 1.807) is 6.92 Å². The van der Waals surface area contributed by atoms with Crippen molar-refractivity contribution in [3.05, 3.63) is 91.0 Å². The van der Waals surface area contributed by atoms with Gasteiger partial charge in [-0.05, 0) is 62.6 Å². The fraction of sp³-hybridized carbons (Fsp3) is 0.378. The first-order valence-electron chi connectivity index (χ1n) is 16.3. The minimum atomic E-state index is -2.02. The summed E-state index contributed by atoms with van der Waals surface area (Å²) in [4.78, 5) is 62.3. The van der Waals surface area contributed by atoms with Crippen LogP contribution in [-0.4, -0.2) is 67.3 Å². The summed E-state index contributed by atoms with van der Waals surface area (Å²) in [6.45, 7) is 1.90. The van der Waals surface area contributed by atoms with Crippen molar-refractivity contribution in [2.24, 2.45) is 0 Å². The maximum absolute atomic E-state index is 13.0. The number of hydrogen-bond donors (Lipinski definition) is 3. The van der Waals surface area contributed by atoms with E-state index < -0.39 is 37.2 Å². The van der Waals surface area contributed by atoms with E-state index in [0.717, 1.165) is 12.6 Å². The van der Waals surface area contributed by atoms with E-state index in [2.05, 4.69) is 96.1 Å². The number of methoxy groups -OCH3 is 1. The van der Waals surface area contributed by atoms with Crippen LogP contribution < -0.4 is 26.5 Å². The predicted octanol–water partition coefficient (Wildman–Crippen LogP) is 3.92. The van der Waals surface area contributed by atoms with E-state index in [1.807, 2.05) is 18.2 Å². The van der Waals surface area contributed by atoms with Crippen LogP contribution in [0.3, 0.4) is 0 Å². The van der Waals surface area contributed by atoms with Gasteiger partial charge in [0, 0.05) is 25.0 Å². The highest BCUT2D eigenvalue weighted by Gasteiger charge is 2.44. The average molecular weight is 694 g/mol. The van der Waals surface area contributed by atoms with Crippen LogP contribution in [0.15, 0.2) is 91.0 Å². The van der Waals surface area contributed by atoms with Crippen molar-refractivity contribution >= 4 is 65.3 Å². The Kier molecular flexibility index (Phi) is 16.3. The van der Waals surface area contributed by atoms with Crippen LogP contribution in [0.5, 0.6) is 0 Å². The molecule has 0 saturated carbocycles. The van der Waals surface area contributed by atoms with Crippen molar-refractivity contribution in [1.29, 1.82) is 0 Å². The summed E-state index contributed by atoms with van der Waals surface area (Å²) in [5, 5.41) is 9.16. The summed E-state index contributed by atoms with van der Waals surface area (Å²) in [6, 6.07) is 29.7. The van der Waals surface area contributed by atoms with Crippen LogP contribution in [0.1, 0.15) is 51.9 Å². The zero-order chi connectivity index (χ0) is 34.8. The molecule has 9 nitrogen and oxygen atoms in total. The third kappa shape index (κ3) is 11.3. The fourth-order valence-corrected chi connectivity index (χ4v) is 10.3. The van der Waals surface area contributed by atoms with Gasteiger partial charge < -0.3 is 20.1 Å². The van der Waals surface area contributed by atoms with Gasteiger partial charge in [0.25, 0.3) is 0 Å². The third-order valence-corrected chi connectivity index (χ3v) is 12.9. The lowest BCUT2D eigenvalue weighted by atomic mass is 10.1. The molecule has 0 fully saturated rings. The number of ether oxygens (including phenoxy) is 2. The number of ketones is 1. The van der Waals surface area contributed by atoms with Gasteiger partial charge in [0.15, 0.2) is 5.78 Å². The number of rotatable bonds is 20. The molecule has 0 radical (unpaired) electrons. The fourth-order valence-electron chi connectivity index (χ4n) is 5.58.